The molecule has 0 amide bonds. The Kier molecular flexibility index (Phi) is 3.28. The molecule has 2 heterocycles. The number of para-hydroxylation sites is 1. The number of nitrogens with one attached hydrogen (secondary N) is 2. The predicted molar refractivity (Wildman–Crippen MR) is 98.1 cm³/mol. The van der Waals surface area contributed by atoms with Gasteiger partial charge in [0.05, 0.1) is 16.8 Å². The van der Waals surface area contributed by atoms with Crippen molar-refractivity contribution in [1.82, 2.24) is 9.97 Å². The molecule has 0 unspecified atom stereocenters. The van der Waals surface area contributed by atoms with Gasteiger partial charge in [-0.1, -0.05) is 28.1 Å². The first-order valence-electron chi connectivity index (χ1n) is 6.74. The van der Waals surface area contributed by atoms with Crippen LogP contribution in [0.15, 0.2) is 50.5 Å². The minimum absolute atomic E-state index is 0.0116. The Morgan fingerprint density at radius 3 is 2.65 bits per heavy atom. The van der Waals surface area contributed by atoms with Crippen molar-refractivity contribution in [2.45, 2.75) is 0 Å². The molecule has 2 aromatic heterocycles. The topological polar surface area (TPSA) is 81.2 Å². The molecule has 0 aliphatic heterocycles. The molecule has 0 fully saturated rings. The van der Waals surface area contributed by atoms with E-state index in [9.17, 15) is 10.0 Å². The van der Waals surface area contributed by atoms with Crippen molar-refractivity contribution in [2.24, 2.45) is 5.18 Å². The van der Waals surface area contributed by atoms with Gasteiger partial charge >= 0.3 is 0 Å². The number of rotatable bonds is 2. The molecular formula is C16H9Br2N3O2. The van der Waals surface area contributed by atoms with Crippen molar-refractivity contribution in [2.75, 3.05) is 0 Å². The quantitative estimate of drug-likeness (QED) is 0.341. The lowest BCUT2D eigenvalue weighted by Gasteiger charge is -1.99. The van der Waals surface area contributed by atoms with Crippen molar-refractivity contribution in [1.29, 1.82) is 0 Å². The van der Waals surface area contributed by atoms with Crippen molar-refractivity contribution >= 4 is 59.4 Å². The van der Waals surface area contributed by atoms with Crippen LogP contribution in [-0.2, 0) is 0 Å². The van der Waals surface area contributed by atoms with Crippen LogP contribution < -0.4 is 0 Å². The normalized spacial score (nSPS) is 11.4. The minimum atomic E-state index is -0.0116. The van der Waals surface area contributed by atoms with Crippen LogP contribution in [0, 0.1) is 4.91 Å². The summed E-state index contributed by atoms with van der Waals surface area (Å²) in [6.45, 7) is 0. The lowest BCUT2D eigenvalue weighted by atomic mass is 10.1. The van der Waals surface area contributed by atoms with Crippen molar-refractivity contribution in [3.05, 3.63) is 50.3 Å². The zero-order valence-electron chi connectivity index (χ0n) is 11.5. The molecule has 23 heavy (non-hydrogen) atoms. The number of halogens is 2. The van der Waals surface area contributed by atoms with Gasteiger partial charge in [-0.3, -0.25) is 0 Å². The molecule has 0 saturated carbocycles. The van der Waals surface area contributed by atoms with E-state index in [2.05, 4.69) is 47.0 Å². The second kappa shape index (κ2) is 5.21. The molecule has 0 bridgehead atoms. The van der Waals surface area contributed by atoms with Gasteiger partial charge in [0, 0.05) is 25.2 Å². The Morgan fingerprint density at radius 2 is 1.87 bits per heavy atom. The lowest BCUT2D eigenvalue weighted by Crippen LogP contribution is -1.77. The molecule has 5 nitrogen and oxygen atoms in total. The van der Waals surface area contributed by atoms with E-state index >= 15 is 0 Å². The predicted octanol–water partition coefficient (Wildman–Crippen LogP) is 5.94. The number of H-pyrrole nitrogens is 2. The van der Waals surface area contributed by atoms with Crippen LogP contribution in [0.3, 0.4) is 0 Å². The summed E-state index contributed by atoms with van der Waals surface area (Å²) >= 11 is 6.85. The second-order valence-corrected chi connectivity index (χ2v) is 6.91. The van der Waals surface area contributed by atoms with Gasteiger partial charge in [0.25, 0.3) is 0 Å². The highest BCUT2D eigenvalue weighted by molar-refractivity contribution is 9.11. The van der Waals surface area contributed by atoms with Crippen LogP contribution in [0.2, 0.25) is 0 Å². The van der Waals surface area contributed by atoms with Crippen LogP contribution in [0.1, 0.15) is 0 Å². The fourth-order valence-electron chi connectivity index (χ4n) is 2.85. The average molecular weight is 435 g/mol. The molecule has 0 aliphatic rings. The maximum Gasteiger partial charge on any atom is 0.199 e. The molecule has 0 aliphatic carbocycles. The molecule has 114 valence electrons. The van der Waals surface area contributed by atoms with E-state index in [0.717, 1.165) is 25.4 Å². The summed E-state index contributed by atoms with van der Waals surface area (Å²) in [7, 11) is 0. The van der Waals surface area contributed by atoms with Crippen molar-refractivity contribution < 1.29 is 5.11 Å². The number of nitroso groups, excluding NO2 is 1. The third kappa shape index (κ3) is 2.11. The second-order valence-electron chi connectivity index (χ2n) is 5.14. The largest absolute Gasteiger partial charge is 0.494 e. The van der Waals surface area contributed by atoms with Crippen molar-refractivity contribution in [3.8, 4) is 17.1 Å². The zero-order chi connectivity index (χ0) is 16.1. The standard InChI is InChI=1S/C16H9Br2N3O2/c17-7-4-5-11-9(6-7)14(21-23)15(19-11)12-8-2-1-3-10(18)13(8)20-16(12)22/h1-6,19-20,22H. The summed E-state index contributed by atoms with van der Waals surface area (Å²) in [5.41, 5.74) is 2.84. The van der Waals surface area contributed by atoms with Gasteiger partial charge in [0.15, 0.2) is 5.88 Å². The van der Waals surface area contributed by atoms with Gasteiger partial charge in [0.2, 0.25) is 0 Å². The highest BCUT2D eigenvalue weighted by Crippen LogP contribution is 2.45. The summed E-state index contributed by atoms with van der Waals surface area (Å²) in [5, 5.41) is 15.1. The summed E-state index contributed by atoms with van der Waals surface area (Å²) < 4.78 is 1.68. The Balaban J connectivity index is 2.13. The van der Waals surface area contributed by atoms with Crippen LogP contribution >= 0.6 is 31.9 Å². The van der Waals surface area contributed by atoms with Crippen LogP contribution in [-0.4, -0.2) is 15.1 Å². The summed E-state index contributed by atoms with van der Waals surface area (Å²) in [6.07, 6.45) is 0. The van der Waals surface area contributed by atoms with Crippen LogP contribution in [0.5, 0.6) is 5.88 Å². The molecule has 4 rings (SSSR count). The number of hydrogen-bond donors (Lipinski definition) is 3. The summed E-state index contributed by atoms with van der Waals surface area (Å²) in [4.78, 5) is 17.6. The average Bonchev–Trinajstić information content (AvgIpc) is 3.04. The van der Waals surface area contributed by atoms with E-state index in [1.165, 1.54) is 0 Å². The molecule has 0 spiro atoms. The fourth-order valence-corrected chi connectivity index (χ4v) is 3.67. The number of aromatic hydroxyl groups is 1. The third-order valence-corrected chi connectivity index (χ3v) is 4.99. The molecule has 4 aromatic rings. The first-order chi connectivity index (χ1) is 11.1. The highest BCUT2D eigenvalue weighted by atomic mass is 79.9. The summed E-state index contributed by atoms with van der Waals surface area (Å²) in [5.74, 6) is -0.0116. The van der Waals surface area contributed by atoms with E-state index in [4.69, 9.17) is 0 Å². The van der Waals surface area contributed by atoms with Gasteiger partial charge < -0.3 is 15.1 Å². The smallest absolute Gasteiger partial charge is 0.199 e. The lowest BCUT2D eigenvalue weighted by molar-refractivity contribution is 0.460. The third-order valence-electron chi connectivity index (χ3n) is 3.84. The monoisotopic (exact) mass is 433 g/mol. The fraction of sp³-hybridized carbons (Fsp3) is 0. The Bertz CT molecular complexity index is 1080. The molecule has 2 aromatic carbocycles. The van der Waals surface area contributed by atoms with E-state index in [0.29, 0.717) is 16.6 Å². The Labute approximate surface area is 146 Å². The van der Waals surface area contributed by atoms with Gasteiger partial charge in [-0.15, -0.1) is 4.91 Å². The number of hydrogen-bond acceptors (Lipinski definition) is 3. The number of benzene rings is 2. The first kappa shape index (κ1) is 14.5. The van der Waals surface area contributed by atoms with Crippen LogP contribution in [0.25, 0.3) is 33.1 Å². The van der Waals surface area contributed by atoms with E-state index in [-0.39, 0.29) is 11.6 Å². The molecule has 0 radical (unpaired) electrons. The first-order valence-corrected chi connectivity index (χ1v) is 8.33. The molecular weight excluding hydrogens is 426 g/mol. The number of fused-ring (bicyclic) bond motifs is 2. The SMILES string of the molecule is O=Nc1c(-c2c(O)[nH]c3c(Br)cccc23)[nH]c2ccc(Br)cc12. The van der Waals surface area contributed by atoms with E-state index < -0.39 is 0 Å². The minimum Gasteiger partial charge on any atom is -0.494 e. The highest BCUT2D eigenvalue weighted by Gasteiger charge is 2.21. The van der Waals surface area contributed by atoms with E-state index in [1.54, 1.807) is 0 Å². The zero-order valence-corrected chi connectivity index (χ0v) is 14.7. The number of aromatic nitrogens is 2. The summed E-state index contributed by atoms with van der Waals surface area (Å²) in [6, 6.07) is 11.2. The van der Waals surface area contributed by atoms with Gasteiger partial charge in [0.1, 0.15) is 5.69 Å². The van der Waals surface area contributed by atoms with Gasteiger partial charge in [-0.05, 0) is 45.4 Å². The molecule has 3 N–H and O–H groups in total. The molecule has 7 heteroatoms. The maximum atomic E-state index is 11.4. The number of nitrogens with zero attached hydrogens (tertiary/aromatic N) is 1. The Hall–Kier alpha value is -2.12. The van der Waals surface area contributed by atoms with Gasteiger partial charge in [-0.2, -0.15) is 0 Å². The van der Waals surface area contributed by atoms with Gasteiger partial charge in [-0.25, -0.2) is 0 Å². The molecule has 0 atom stereocenters. The van der Waals surface area contributed by atoms with Crippen LogP contribution in [0.4, 0.5) is 5.69 Å². The van der Waals surface area contributed by atoms with Crippen molar-refractivity contribution in [3.63, 3.8) is 0 Å². The maximum absolute atomic E-state index is 11.4. The Morgan fingerprint density at radius 1 is 1.04 bits per heavy atom. The molecule has 0 saturated heterocycles. The van der Waals surface area contributed by atoms with E-state index in [1.807, 2.05) is 36.4 Å². The number of aromatic amines is 2.